The second-order valence-corrected chi connectivity index (χ2v) is 3.37. The van der Waals surface area contributed by atoms with Crippen LogP contribution in [0, 0.1) is 0 Å². The van der Waals surface area contributed by atoms with Crippen LogP contribution in [0.4, 0.5) is 0 Å². The molecule has 0 aliphatic carbocycles. The summed E-state index contributed by atoms with van der Waals surface area (Å²) in [6.45, 7) is 0. The molecule has 4 heteroatoms. The standard InChI is InChI=1S/C10H12ClNO2/c1-14-10(13)6-9(12)7-2-4-8(11)5-3-7/h2-5,9H,6,12H2,1H3. The number of hydrogen-bond acceptors (Lipinski definition) is 3. The lowest BCUT2D eigenvalue weighted by molar-refractivity contribution is -0.141. The molecule has 3 nitrogen and oxygen atoms in total. The van der Waals surface area contributed by atoms with Crippen LogP contribution in [0.2, 0.25) is 5.02 Å². The van der Waals surface area contributed by atoms with Crippen molar-refractivity contribution in [3.63, 3.8) is 0 Å². The first-order valence-electron chi connectivity index (χ1n) is 4.21. The zero-order valence-electron chi connectivity index (χ0n) is 7.87. The normalized spacial score (nSPS) is 12.2. The lowest BCUT2D eigenvalue weighted by Crippen LogP contribution is -2.16. The van der Waals surface area contributed by atoms with E-state index < -0.39 is 0 Å². The molecule has 1 atom stereocenters. The average Bonchev–Trinajstić information content (AvgIpc) is 2.18. The number of ether oxygens (including phenoxy) is 1. The van der Waals surface area contributed by atoms with Crippen LogP contribution in [0.1, 0.15) is 18.0 Å². The lowest BCUT2D eigenvalue weighted by Gasteiger charge is -2.10. The summed E-state index contributed by atoms with van der Waals surface area (Å²) in [6, 6.07) is 6.76. The number of carbonyl (C=O) groups is 1. The van der Waals surface area contributed by atoms with Crippen LogP contribution in [0.15, 0.2) is 24.3 Å². The highest BCUT2D eigenvalue weighted by Gasteiger charge is 2.11. The van der Waals surface area contributed by atoms with Crippen LogP contribution in [0.5, 0.6) is 0 Å². The van der Waals surface area contributed by atoms with E-state index in [9.17, 15) is 4.79 Å². The number of carbonyl (C=O) groups excluding carboxylic acids is 1. The van der Waals surface area contributed by atoms with E-state index in [1.54, 1.807) is 24.3 Å². The molecule has 0 aliphatic heterocycles. The van der Waals surface area contributed by atoms with Gasteiger partial charge in [-0.15, -0.1) is 0 Å². The molecule has 1 rings (SSSR count). The Morgan fingerprint density at radius 2 is 2.07 bits per heavy atom. The molecule has 0 heterocycles. The largest absolute Gasteiger partial charge is 0.469 e. The maximum Gasteiger partial charge on any atom is 0.307 e. The molecule has 2 N–H and O–H groups in total. The summed E-state index contributed by atoms with van der Waals surface area (Å²) in [4.78, 5) is 10.9. The van der Waals surface area contributed by atoms with Gasteiger partial charge in [-0.1, -0.05) is 23.7 Å². The highest BCUT2D eigenvalue weighted by Crippen LogP contribution is 2.17. The fraction of sp³-hybridized carbons (Fsp3) is 0.300. The molecule has 1 aromatic carbocycles. The van der Waals surface area contributed by atoms with Gasteiger partial charge in [-0.3, -0.25) is 4.79 Å². The third-order valence-electron chi connectivity index (χ3n) is 1.91. The maximum absolute atomic E-state index is 10.9. The average molecular weight is 214 g/mol. The van der Waals surface area contributed by atoms with Gasteiger partial charge in [-0.2, -0.15) is 0 Å². The van der Waals surface area contributed by atoms with Gasteiger partial charge in [0.15, 0.2) is 0 Å². The van der Waals surface area contributed by atoms with Crippen LogP contribution >= 0.6 is 11.6 Å². The predicted molar refractivity (Wildman–Crippen MR) is 55.0 cm³/mol. The number of hydrogen-bond donors (Lipinski definition) is 1. The Balaban J connectivity index is 2.65. The van der Waals surface area contributed by atoms with Crippen molar-refractivity contribution in [2.75, 3.05) is 7.11 Å². The van der Waals surface area contributed by atoms with Crippen molar-refractivity contribution in [1.82, 2.24) is 0 Å². The third-order valence-corrected chi connectivity index (χ3v) is 2.16. The highest BCUT2D eigenvalue weighted by molar-refractivity contribution is 6.30. The smallest absolute Gasteiger partial charge is 0.307 e. The molecule has 0 aromatic heterocycles. The SMILES string of the molecule is COC(=O)CC(N)c1ccc(Cl)cc1. The molecule has 0 fully saturated rings. The Bertz CT molecular complexity index is 310. The van der Waals surface area contributed by atoms with E-state index in [0.29, 0.717) is 5.02 Å². The molecule has 0 aliphatic rings. The predicted octanol–water partition coefficient (Wildman–Crippen LogP) is 1.90. The fourth-order valence-electron chi connectivity index (χ4n) is 1.09. The van der Waals surface area contributed by atoms with Gasteiger partial charge in [0.2, 0.25) is 0 Å². The summed E-state index contributed by atoms with van der Waals surface area (Å²) in [5.41, 5.74) is 6.65. The zero-order chi connectivity index (χ0) is 10.6. The quantitative estimate of drug-likeness (QED) is 0.781. The second-order valence-electron chi connectivity index (χ2n) is 2.94. The summed E-state index contributed by atoms with van der Waals surface area (Å²) in [5.74, 6) is -0.313. The van der Waals surface area contributed by atoms with Gasteiger partial charge in [-0.05, 0) is 17.7 Å². The van der Waals surface area contributed by atoms with E-state index >= 15 is 0 Å². The number of esters is 1. The minimum atomic E-state index is -0.334. The molecule has 0 saturated carbocycles. The minimum Gasteiger partial charge on any atom is -0.469 e. The first-order chi connectivity index (χ1) is 6.63. The van der Waals surface area contributed by atoms with E-state index in [2.05, 4.69) is 4.74 Å². The Morgan fingerprint density at radius 3 is 2.57 bits per heavy atom. The second kappa shape index (κ2) is 4.98. The van der Waals surface area contributed by atoms with Gasteiger partial charge in [0.05, 0.1) is 13.5 Å². The van der Waals surface area contributed by atoms with Gasteiger partial charge in [0.25, 0.3) is 0 Å². The van der Waals surface area contributed by atoms with Crippen LogP contribution in [0.3, 0.4) is 0 Å². The molecular weight excluding hydrogens is 202 g/mol. The van der Waals surface area contributed by atoms with Gasteiger partial charge in [-0.25, -0.2) is 0 Å². The van der Waals surface area contributed by atoms with E-state index in [1.165, 1.54) is 7.11 Å². The number of halogens is 1. The number of benzene rings is 1. The maximum atomic E-state index is 10.9. The molecule has 0 bridgehead atoms. The summed E-state index contributed by atoms with van der Waals surface area (Å²) in [6.07, 6.45) is 0.179. The Kier molecular flexibility index (Phi) is 3.92. The zero-order valence-corrected chi connectivity index (χ0v) is 8.62. The molecule has 1 aromatic rings. The van der Waals surface area contributed by atoms with Crippen molar-refractivity contribution in [3.8, 4) is 0 Å². The first kappa shape index (κ1) is 11.0. The molecule has 0 radical (unpaired) electrons. The Hall–Kier alpha value is -1.06. The number of rotatable bonds is 3. The van der Waals surface area contributed by atoms with Gasteiger partial charge in [0.1, 0.15) is 0 Å². The summed E-state index contributed by atoms with van der Waals surface area (Å²) in [5, 5.41) is 0.652. The molecule has 14 heavy (non-hydrogen) atoms. The van der Waals surface area contributed by atoms with Crippen molar-refractivity contribution in [1.29, 1.82) is 0 Å². The van der Waals surface area contributed by atoms with Crippen LogP contribution in [-0.4, -0.2) is 13.1 Å². The van der Waals surface area contributed by atoms with Crippen molar-refractivity contribution in [2.45, 2.75) is 12.5 Å². The van der Waals surface area contributed by atoms with Gasteiger partial charge in [0, 0.05) is 11.1 Å². The fourth-order valence-corrected chi connectivity index (χ4v) is 1.22. The van der Waals surface area contributed by atoms with Crippen LogP contribution in [-0.2, 0) is 9.53 Å². The summed E-state index contributed by atoms with van der Waals surface area (Å²) in [7, 11) is 1.34. The molecule has 0 spiro atoms. The highest BCUT2D eigenvalue weighted by atomic mass is 35.5. The molecule has 76 valence electrons. The van der Waals surface area contributed by atoms with Crippen molar-refractivity contribution >= 4 is 17.6 Å². The van der Waals surface area contributed by atoms with Crippen molar-refractivity contribution < 1.29 is 9.53 Å². The Morgan fingerprint density at radius 1 is 1.50 bits per heavy atom. The third kappa shape index (κ3) is 3.01. The van der Waals surface area contributed by atoms with E-state index in [1.807, 2.05) is 0 Å². The molecule has 0 saturated heterocycles. The van der Waals surface area contributed by atoms with Gasteiger partial charge >= 0.3 is 5.97 Å². The minimum absolute atomic E-state index is 0.179. The topological polar surface area (TPSA) is 52.3 Å². The summed E-state index contributed by atoms with van der Waals surface area (Å²) >= 11 is 5.72. The first-order valence-corrected chi connectivity index (χ1v) is 4.59. The Labute approximate surface area is 87.8 Å². The van der Waals surface area contributed by atoms with E-state index in [-0.39, 0.29) is 18.4 Å². The summed E-state index contributed by atoms with van der Waals surface area (Å²) < 4.78 is 4.52. The van der Waals surface area contributed by atoms with E-state index in [4.69, 9.17) is 17.3 Å². The van der Waals surface area contributed by atoms with Gasteiger partial charge < -0.3 is 10.5 Å². The molecule has 0 amide bonds. The molecule has 1 unspecified atom stereocenters. The van der Waals surface area contributed by atoms with Crippen molar-refractivity contribution in [3.05, 3.63) is 34.9 Å². The monoisotopic (exact) mass is 213 g/mol. The van der Waals surface area contributed by atoms with Crippen molar-refractivity contribution in [2.24, 2.45) is 5.73 Å². The molecular formula is C10H12ClNO2. The lowest BCUT2D eigenvalue weighted by atomic mass is 10.1. The number of nitrogens with two attached hydrogens (primary N) is 1. The van der Waals surface area contributed by atoms with E-state index in [0.717, 1.165) is 5.56 Å². The van der Waals surface area contributed by atoms with Crippen LogP contribution < -0.4 is 5.73 Å². The van der Waals surface area contributed by atoms with Crippen LogP contribution in [0.25, 0.3) is 0 Å². The number of methoxy groups -OCH3 is 1.